The summed E-state index contributed by atoms with van der Waals surface area (Å²) < 4.78 is 0. The van der Waals surface area contributed by atoms with Gasteiger partial charge < -0.3 is 10.0 Å². The number of anilines is 1. The summed E-state index contributed by atoms with van der Waals surface area (Å²) in [5.74, 6) is 0.384. The second kappa shape index (κ2) is 5.54. The maximum Gasteiger partial charge on any atom is 0.0636 e. The van der Waals surface area contributed by atoms with E-state index in [-0.39, 0.29) is 11.5 Å². The highest BCUT2D eigenvalue weighted by Gasteiger charge is 2.37. The number of rotatable bonds is 3. The van der Waals surface area contributed by atoms with Gasteiger partial charge in [0.05, 0.1) is 6.10 Å². The van der Waals surface area contributed by atoms with Crippen LogP contribution in [0.15, 0.2) is 24.3 Å². The van der Waals surface area contributed by atoms with E-state index in [2.05, 4.69) is 57.0 Å². The number of aliphatic hydroxyl groups excluding tert-OH is 1. The lowest BCUT2D eigenvalue weighted by Gasteiger charge is -2.42. The molecular weight excluding hydrogens is 234 g/mol. The summed E-state index contributed by atoms with van der Waals surface area (Å²) in [6.07, 6.45) is 3.32. The maximum atomic E-state index is 10.5. The quantitative estimate of drug-likeness (QED) is 0.898. The number of hydrogen-bond donors (Lipinski definition) is 1. The van der Waals surface area contributed by atoms with Gasteiger partial charge in [0.15, 0.2) is 0 Å². The van der Waals surface area contributed by atoms with E-state index in [9.17, 15) is 5.11 Å². The van der Waals surface area contributed by atoms with E-state index in [0.29, 0.717) is 5.92 Å². The summed E-state index contributed by atoms with van der Waals surface area (Å²) in [5, 5.41) is 10.5. The van der Waals surface area contributed by atoms with Gasteiger partial charge in [-0.2, -0.15) is 0 Å². The fourth-order valence-corrected chi connectivity index (χ4v) is 3.28. The lowest BCUT2D eigenvalue weighted by Crippen LogP contribution is -2.44. The molecule has 1 saturated carbocycles. The first-order valence-electron chi connectivity index (χ1n) is 7.36. The van der Waals surface area contributed by atoms with Gasteiger partial charge in [-0.3, -0.25) is 0 Å². The lowest BCUT2D eigenvalue weighted by molar-refractivity contribution is -0.0290. The highest BCUT2D eigenvalue weighted by molar-refractivity contribution is 5.47. The minimum atomic E-state index is -0.187. The van der Waals surface area contributed by atoms with Crippen LogP contribution in [0.1, 0.15) is 38.7 Å². The van der Waals surface area contributed by atoms with Gasteiger partial charge in [-0.15, -0.1) is 0 Å². The largest absolute Gasteiger partial charge is 0.392 e. The molecule has 0 heterocycles. The molecule has 106 valence electrons. The molecule has 1 aliphatic rings. The van der Waals surface area contributed by atoms with Gasteiger partial charge >= 0.3 is 0 Å². The van der Waals surface area contributed by atoms with Crippen molar-refractivity contribution in [2.24, 2.45) is 11.3 Å². The van der Waals surface area contributed by atoms with Crippen LogP contribution in [0.3, 0.4) is 0 Å². The van der Waals surface area contributed by atoms with E-state index in [0.717, 1.165) is 19.4 Å². The molecule has 1 fully saturated rings. The van der Waals surface area contributed by atoms with E-state index < -0.39 is 0 Å². The molecule has 1 aliphatic carbocycles. The Morgan fingerprint density at radius 1 is 1.37 bits per heavy atom. The van der Waals surface area contributed by atoms with Crippen molar-refractivity contribution >= 4 is 5.69 Å². The van der Waals surface area contributed by atoms with Gasteiger partial charge in [-0.05, 0) is 42.9 Å². The van der Waals surface area contributed by atoms with Crippen molar-refractivity contribution in [1.29, 1.82) is 0 Å². The summed E-state index contributed by atoms with van der Waals surface area (Å²) in [5.41, 5.74) is 2.60. The third kappa shape index (κ3) is 3.30. The molecular formula is C17H27NO. The number of aryl methyl sites for hydroxylation is 1. The van der Waals surface area contributed by atoms with Crippen LogP contribution in [0, 0.1) is 18.3 Å². The first kappa shape index (κ1) is 14.4. The molecule has 19 heavy (non-hydrogen) atoms. The van der Waals surface area contributed by atoms with Crippen LogP contribution in [0.25, 0.3) is 0 Å². The second-order valence-electron chi connectivity index (χ2n) is 6.81. The topological polar surface area (TPSA) is 23.5 Å². The monoisotopic (exact) mass is 261 g/mol. The highest BCUT2D eigenvalue weighted by Crippen LogP contribution is 2.39. The molecule has 0 amide bonds. The van der Waals surface area contributed by atoms with Gasteiger partial charge in [0.1, 0.15) is 0 Å². The van der Waals surface area contributed by atoms with E-state index in [1.807, 2.05) is 0 Å². The Morgan fingerprint density at radius 3 is 2.79 bits per heavy atom. The number of hydrogen-bond acceptors (Lipinski definition) is 2. The van der Waals surface area contributed by atoms with Crippen molar-refractivity contribution in [3.05, 3.63) is 29.8 Å². The summed E-state index contributed by atoms with van der Waals surface area (Å²) in [6.45, 7) is 7.44. The van der Waals surface area contributed by atoms with Gasteiger partial charge in [-0.1, -0.05) is 32.4 Å². The molecule has 0 aliphatic heterocycles. The summed E-state index contributed by atoms with van der Waals surface area (Å²) in [6, 6.07) is 8.58. The summed E-state index contributed by atoms with van der Waals surface area (Å²) in [7, 11) is 2.13. The second-order valence-corrected chi connectivity index (χ2v) is 6.81. The van der Waals surface area contributed by atoms with Crippen molar-refractivity contribution in [2.45, 2.75) is 46.1 Å². The zero-order chi connectivity index (χ0) is 14.0. The van der Waals surface area contributed by atoms with Crippen LogP contribution in [-0.4, -0.2) is 24.8 Å². The Morgan fingerprint density at radius 2 is 2.11 bits per heavy atom. The smallest absolute Gasteiger partial charge is 0.0636 e. The maximum absolute atomic E-state index is 10.5. The summed E-state index contributed by atoms with van der Waals surface area (Å²) in [4.78, 5) is 2.28. The van der Waals surface area contributed by atoms with Crippen molar-refractivity contribution in [2.75, 3.05) is 18.5 Å². The van der Waals surface area contributed by atoms with Crippen LogP contribution < -0.4 is 4.90 Å². The molecule has 2 heteroatoms. The fraction of sp³-hybridized carbons (Fsp3) is 0.647. The standard InChI is InChI=1S/C17H27NO/c1-13-7-5-9-15(11-13)18(4)12-14-8-6-10-17(2,3)16(14)19/h5,7,9,11,14,16,19H,6,8,10,12H2,1-4H3. The molecule has 2 unspecified atom stereocenters. The van der Waals surface area contributed by atoms with Crippen LogP contribution in [-0.2, 0) is 0 Å². The molecule has 0 aromatic heterocycles. The molecule has 0 bridgehead atoms. The van der Waals surface area contributed by atoms with Gasteiger partial charge in [0.2, 0.25) is 0 Å². The molecule has 0 saturated heterocycles. The van der Waals surface area contributed by atoms with Crippen LogP contribution in [0.5, 0.6) is 0 Å². The molecule has 1 aromatic carbocycles. The predicted octanol–water partition coefficient (Wildman–Crippen LogP) is 3.62. The third-order valence-electron chi connectivity index (χ3n) is 4.59. The van der Waals surface area contributed by atoms with Crippen molar-refractivity contribution in [3.8, 4) is 0 Å². The molecule has 2 atom stereocenters. The Labute approximate surface area is 117 Å². The van der Waals surface area contributed by atoms with E-state index in [4.69, 9.17) is 0 Å². The van der Waals surface area contributed by atoms with Crippen molar-refractivity contribution in [3.63, 3.8) is 0 Å². The highest BCUT2D eigenvalue weighted by atomic mass is 16.3. The minimum Gasteiger partial charge on any atom is -0.392 e. The fourth-order valence-electron chi connectivity index (χ4n) is 3.28. The van der Waals surface area contributed by atoms with E-state index >= 15 is 0 Å². The molecule has 1 aromatic rings. The summed E-state index contributed by atoms with van der Waals surface area (Å²) >= 11 is 0. The first-order chi connectivity index (χ1) is 8.90. The average molecular weight is 261 g/mol. The van der Waals surface area contributed by atoms with Crippen molar-refractivity contribution in [1.82, 2.24) is 0 Å². The molecule has 0 radical (unpaired) electrons. The molecule has 2 nitrogen and oxygen atoms in total. The number of benzene rings is 1. The van der Waals surface area contributed by atoms with Crippen LogP contribution in [0.2, 0.25) is 0 Å². The SMILES string of the molecule is Cc1cccc(N(C)CC2CCCC(C)(C)C2O)c1. The van der Waals surface area contributed by atoms with Gasteiger partial charge in [0.25, 0.3) is 0 Å². The van der Waals surface area contributed by atoms with Gasteiger partial charge in [0, 0.05) is 25.2 Å². The zero-order valence-electron chi connectivity index (χ0n) is 12.7. The lowest BCUT2D eigenvalue weighted by atomic mass is 9.69. The van der Waals surface area contributed by atoms with Crippen molar-refractivity contribution < 1.29 is 5.11 Å². The molecule has 2 rings (SSSR count). The normalized spacial score (nSPS) is 26.2. The zero-order valence-corrected chi connectivity index (χ0v) is 12.7. The van der Waals surface area contributed by atoms with Crippen LogP contribution in [0.4, 0.5) is 5.69 Å². The number of aliphatic hydroxyl groups is 1. The average Bonchev–Trinajstić information content (AvgIpc) is 2.35. The Balaban J connectivity index is 2.04. The molecule has 0 spiro atoms. The Kier molecular flexibility index (Phi) is 4.19. The minimum absolute atomic E-state index is 0.0658. The van der Waals surface area contributed by atoms with Crippen LogP contribution >= 0.6 is 0 Å². The first-order valence-corrected chi connectivity index (χ1v) is 7.36. The number of nitrogens with zero attached hydrogens (tertiary/aromatic N) is 1. The predicted molar refractivity (Wildman–Crippen MR) is 81.6 cm³/mol. The van der Waals surface area contributed by atoms with E-state index in [1.165, 1.54) is 17.7 Å². The Hall–Kier alpha value is -1.02. The third-order valence-corrected chi connectivity index (χ3v) is 4.59. The Bertz CT molecular complexity index is 427. The molecule has 1 N–H and O–H groups in total. The van der Waals surface area contributed by atoms with Gasteiger partial charge in [-0.25, -0.2) is 0 Å². The van der Waals surface area contributed by atoms with E-state index in [1.54, 1.807) is 0 Å².